The van der Waals surface area contributed by atoms with E-state index < -0.39 is 0 Å². The molecule has 2 rings (SSSR count). The highest BCUT2D eigenvalue weighted by atomic mass is 19.1. The zero-order chi connectivity index (χ0) is 12.4. The highest BCUT2D eigenvalue weighted by molar-refractivity contribution is 5.58. The van der Waals surface area contributed by atoms with Gasteiger partial charge in [-0.3, -0.25) is 0 Å². The van der Waals surface area contributed by atoms with Crippen LogP contribution >= 0.6 is 0 Å². The number of pyridine rings is 1. The SMILES string of the molecule is Cc1cccc(Nc2nc(C)c(C)cc2F)c1. The zero-order valence-electron chi connectivity index (χ0n) is 10.2. The summed E-state index contributed by atoms with van der Waals surface area (Å²) in [7, 11) is 0. The largest absolute Gasteiger partial charge is 0.338 e. The van der Waals surface area contributed by atoms with Crippen molar-refractivity contribution in [2.45, 2.75) is 20.8 Å². The molecule has 3 heteroatoms. The molecule has 0 aliphatic rings. The molecule has 2 nitrogen and oxygen atoms in total. The molecule has 1 heterocycles. The first-order chi connectivity index (χ1) is 8.06. The standard InChI is InChI=1S/C14H15FN2/c1-9-5-4-6-12(7-9)17-14-13(15)8-10(2)11(3)16-14/h4-8H,1-3H3,(H,16,17). The second-order valence-electron chi connectivity index (χ2n) is 4.22. The lowest BCUT2D eigenvalue weighted by molar-refractivity contribution is 0.624. The van der Waals surface area contributed by atoms with Crippen LogP contribution in [0, 0.1) is 26.6 Å². The van der Waals surface area contributed by atoms with Crippen molar-refractivity contribution in [2.75, 3.05) is 5.32 Å². The normalized spacial score (nSPS) is 10.4. The Bertz CT molecular complexity index is 550. The Kier molecular flexibility index (Phi) is 3.09. The van der Waals surface area contributed by atoms with E-state index in [-0.39, 0.29) is 11.6 Å². The van der Waals surface area contributed by atoms with E-state index in [0.29, 0.717) is 0 Å². The van der Waals surface area contributed by atoms with Gasteiger partial charge in [0.15, 0.2) is 11.6 Å². The molecule has 0 saturated heterocycles. The van der Waals surface area contributed by atoms with E-state index in [1.165, 1.54) is 6.07 Å². The Balaban J connectivity index is 2.33. The molecule has 0 atom stereocenters. The van der Waals surface area contributed by atoms with Crippen molar-refractivity contribution in [2.24, 2.45) is 0 Å². The van der Waals surface area contributed by atoms with Crippen LogP contribution in [0.1, 0.15) is 16.8 Å². The van der Waals surface area contributed by atoms with E-state index in [4.69, 9.17) is 0 Å². The van der Waals surface area contributed by atoms with Gasteiger partial charge >= 0.3 is 0 Å². The summed E-state index contributed by atoms with van der Waals surface area (Å²) in [6, 6.07) is 9.27. The Labute approximate surface area is 101 Å². The minimum atomic E-state index is -0.324. The molecule has 17 heavy (non-hydrogen) atoms. The molecule has 0 radical (unpaired) electrons. The molecule has 1 aromatic heterocycles. The van der Waals surface area contributed by atoms with Crippen LogP contribution < -0.4 is 5.32 Å². The van der Waals surface area contributed by atoms with E-state index in [2.05, 4.69) is 10.3 Å². The fourth-order valence-corrected chi connectivity index (χ4v) is 1.62. The fraction of sp³-hybridized carbons (Fsp3) is 0.214. The van der Waals surface area contributed by atoms with E-state index in [0.717, 1.165) is 22.5 Å². The monoisotopic (exact) mass is 230 g/mol. The number of rotatable bonds is 2. The summed E-state index contributed by atoms with van der Waals surface area (Å²) in [5.74, 6) is -0.0479. The van der Waals surface area contributed by atoms with Gasteiger partial charge in [-0.05, 0) is 50.1 Å². The van der Waals surface area contributed by atoms with Gasteiger partial charge in [-0.2, -0.15) is 0 Å². The van der Waals surface area contributed by atoms with Crippen LogP contribution in [-0.2, 0) is 0 Å². The number of benzene rings is 1. The lowest BCUT2D eigenvalue weighted by Crippen LogP contribution is -2.00. The Morgan fingerprint density at radius 3 is 2.59 bits per heavy atom. The van der Waals surface area contributed by atoms with Crippen molar-refractivity contribution < 1.29 is 4.39 Å². The van der Waals surface area contributed by atoms with E-state index >= 15 is 0 Å². The van der Waals surface area contributed by atoms with Gasteiger partial charge in [-0.15, -0.1) is 0 Å². The summed E-state index contributed by atoms with van der Waals surface area (Å²) in [5, 5.41) is 2.99. The average Bonchev–Trinajstić information content (AvgIpc) is 2.26. The Hall–Kier alpha value is -1.90. The fourth-order valence-electron chi connectivity index (χ4n) is 1.62. The quantitative estimate of drug-likeness (QED) is 0.846. The molecule has 0 spiro atoms. The first-order valence-corrected chi connectivity index (χ1v) is 5.53. The summed E-state index contributed by atoms with van der Waals surface area (Å²) in [6.45, 7) is 5.72. The maximum atomic E-state index is 13.7. The van der Waals surface area contributed by atoms with Gasteiger partial charge < -0.3 is 5.32 Å². The predicted octanol–water partition coefficient (Wildman–Crippen LogP) is 3.89. The van der Waals surface area contributed by atoms with Gasteiger partial charge in [0.05, 0.1) is 0 Å². The van der Waals surface area contributed by atoms with Crippen molar-refractivity contribution in [1.29, 1.82) is 0 Å². The summed E-state index contributed by atoms with van der Waals surface area (Å²) in [6.07, 6.45) is 0. The molecule has 0 aliphatic heterocycles. The van der Waals surface area contributed by atoms with Crippen molar-refractivity contribution in [3.05, 3.63) is 53.0 Å². The van der Waals surface area contributed by atoms with Crippen molar-refractivity contribution >= 4 is 11.5 Å². The third kappa shape index (κ3) is 2.61. The minimum absolute atomic E-state index is 0.277. The summed E-state index contributed by atoms with van der Waals surface area (Å²) < 4.78 is 13.7. The van der Waals surface area contributed by atoms with Gasteiger partial charge in [-0.1, -0.05) is 12.1 Å². The van der Waals surface area contributed by atoms with E-state index in [9.17, 15) is 4.39 Å². The molecule has 1 N–H and O–H groups in total. The lowest BCUT2D eigenvalue weighted by Gasteiger charge is -2.09. The van der Waals surface area contributed by atoms with Crippen LogP contribution in [0.5, 0.6) is 0 Å². The smallest absolute Gasteiger partial charge is 0.166 e. The number of nitrogens with one attached hydrogen (secondary N) is 1. The van der Waals surface area contributed by atoms with Crippen LogP contribution in [0.4, 0.5) is 15.9 Å². The number of nitrogens with zero attached hydrogens (tertiary/aromatic N) is 1. The van der Waals surface area contributed by atoms with Crippen LogP contribution in [-0.4, -0.2) is 4.98 Å². The van der Waals surface area contributed by atoms with Crippen LogP contribution in [0.25, 0.3) is 0 Å². The molecule has 0 amide bonds. The molecule has 0 saturated carbocycles. The Morgan fingerprint density at radius 1 is 1.12 bits per heavy atom. The first kappa shape index (κ1) is 11.6. The lowest BCUT2D eigenvalue weighted by atomic mass is 10.2. The topological polar surface area (TPSA) is 24.9 Å². The number of anilines is 2. The summed E-state index contributed by atoms with van der Waals surface area (Å²) in [4.78, 5) is 4.21. The number of hydrogen-bond donors (Lipinski definition) is 1. The predicted molar refractivity (Wildman–Crippen MR) is 68.1 cm³/mol. The molecular formula is C14H15FN2. The molecule has 88 valence electrons. The van der Waals surface area contributed by atoms with E-state index in [1.54, 1.807) is 0 Å². The molecule has 0 unspecified atom stereocenters. The summed E-state index contributed by atoms with van der Waals surface area (Å²) in [5.41, 5.74) is 3.66. The molecule has 2 aromatic rings. The number of halogens is 1. The first-order valence-electron chi connectivity index (χ1n) is 5.53. The molecule has 0 bridgehead atoms. The van der Waals surface area contributed by atoms with Gasteiger partial charge in [0, 0.05) is 11.4 Å². The van der Waals surface area contributed by atoms with Gasteiger partial charge in [0.1, 0.15) is 0 Å². The second kappa shape index (κ2) is 4.53. The average molecular weight is 230 g/mol. The molecule has 0 aliphatic carbocycles. The number of aromatic nitrogens is 1. The molecule has 0 fully saturated rings. The molecular weight excluding hydrogens is 215 g/mol. The second-order valence-corrected chi connectivity index (χ2v) is 4.22. The van der Waals surface area contributed by atoms with Crippen LogP contribution in [0.15, 0.2) is 30.3 Å². The number of hydrogen-bond acceptors (Lipinski definition) is 2. The maximum Gasteiger partial charge on any atom is 0.166 e. The van der Waals surface area contributed by atoms with E-state index in [1.807, 2.05) is 45.0 Å². The highest BCUT2D eigenvalue weighted by Gasteiger charge is 2.06. The minimum Gasteiger partial charge on any atom is -0.338 e. The van der Waals surface area contributed by atoms with Gasteiger partial charge in [-0.25, -0.2) is 9.37 Å². The van der Waals surface area contributed by atoms with Crippen LogP contribution in [0.2, 0.25) is 0 Å². The van der Waals surface area contributed by atoms with Crippen molar-refractivity contribution in [3.8, 4) is 0 Å². The molecule has 1 aromatic carbocycles. The van der Waals surface area contributed by atoms with Gasteiger partial charge in [0.2, 0.25) is 0 Å². The third-order valence-corrected chi connectivity index (χ3v) is 2.70. The van der Waals surface area contributed by atoms with Gasteiger partial charge in [0.25, 0.3) is 0 Å². The zero-order valence-corrected chi connectivity index (χ0v) is 10.2. The van der Waals surface area contributed by atoms with Crippen LogP contribution in [0.3, 0.4) is 0 Å². The maximum absolute atomic E-state index is 13.7. The third-order valence-electron chi connectivity index (χ3n) is 2.70. The van der Waals surface area contributed by atoms with Crippen molar-refractivity contribution in [1.82, 2.24) is 4.98 Å². The number of aryl methyl sites for hydroxylation is 3. The summed E-state index contributed by atoms with van der Waals surface area (Å²) >= 11 is 0. The van der Waals surface area contributed by atoms with Crippen molar-refractivity contribution in [3.63, 3.8) is 0 Å². The highest BCUT2D eigenvalue weighted by Crippen LogP contribution is 2.20. The Morgan fingerprint density at radius 2 is 1.88 bits per heavy atom.